The second-order valence-corrected chi connectivity index (χ2v) is 4.50. The first-order chi connectivity index (χ1) is 9.52. The van der Waals surface area contributed by atoms with Gasteiger partial charge in [-0.15, -0.1) is 0 Å². The van der Waals surface area contributed by atoms with Gasteiger partial charge in [-0.1, -0.05) is 0 Å². The molecule has 0 unspecified atom stereocenters. The summed E-state index contributed by atoms with van der Waals surface area (Å²) in [6.45, 7) is 0.537. The zero-order chi connectivity index (χ0) is 14.2. The highest BCUT2D eigenvalue weighted by Gasteiger charge is 2.33. The molecule has 0 spiro atoms. The fraction of sp³-hybridized carbons (Fsp3) is 0.455. The van der Waals surface area contributed by atoms with Gasteiger partial charge in [-0.3, -0.25) is 0 Å². The van der Waals surface area contributed by atoms with E-state index in [1.54, 1.807) is 4.68 Å². The maximum absolute atomic E-state index is 12.6. The van der Waals surface area contributed by atoms with Gasteiger partial charge in [-0.2, -0.15) is 18.3 Å². The lowest BCUT2D eigenvalue weighted by molar-refractivity contribution is -0.141. The van der Waals surface area contributed by atoms with Crippen molar-refractivity contribution in [1.82, 2.24) is 24.7 Å². The molecular formula is C11H11F3N6. The molecule has 106 valence electrons. The van der Waals surface area contributed by atoms with Crippen molar-refractivity contribution >= 4 is 5.95 Å². The van der Waals surface area contributed by atoms with Crippen LogP contribution in [0.4, 0.5) is 19.1 Å². The Balaban J connectivity index is 1.73. The molecule has 0 fully saturated rings. The molecule has 20 heavy (non-hydrogen) atoms. The van der Waals surface area contributed by atoms with Crippen LogP contribution >= 0.6 is 0 Å². The number of anilines is 1. The van der Waals surface area contributed by atoms with Crippen molar-refractivity contribution in [2.24, 2.45) is 0 Å². The van der Waals surface area contributed by atoms with Crippen LogP contribution in [0, 0.1) is 0 Å². The standard InChI is InChI=1S/C11H11F3N6/c12-11(13,14)8-3-4-15-10(19-8)18-7-1-2-9-16-6-17-20(9)5-7/h3-4,6-7H,1-2,5H2,(H,15,18,19)/t7-/m1/s1. The van der Waals surface area contributed by atoms with Crippen molar-refractivity contribution in [3.8, 4) is 0 Å². The van der Waals surface area contributed by atoms with Gasteiger partial charge in [0.2, 0.25) is 5.95 Å². The fourth-order valence-electron chi connectivity index (χ4n) is 2.12. The second-order valence-electron chi connectivity index (χ2n) is 4.50. The molecule has 1 N–H and O–H groups in total. The molecule has 2 aromatic heterocycles. The quantitative estimate of drug-likeness (QED) is 0.905. The molecular weight excluding hydrogens is 273 g/mol. The van der Waals surface area contributed by atoms with Crippen LogP contribution in [-0.4, -0.2) is 30.8 Å². The molecule has 0 aliphatic carbocycles. The van der Waals surface area contributed by atoms with Crippen LogP contribution in [0.25, 0.3) is 0 Å². The lowest BCUT2D eigenvalue weighted by Gasteiger charge is -2.23. The zero-order valence-electron chi connectivity index (χ0n) is 10.3. The Hall–Kier alpha value is -2.19. The van der Waals surface area contributed by atoms with Crippen LogP contribution < -0.4 is 5.32 Å². The SMILES string of the molecule is FC(F)(F)c1ccnc(N[C@@H]2CCc3ncnn3C2)n1. The van der Waals surface area contributed by atoms with E-state index in [1.807, 2.05) is 0 Å². The van der Waals surface area contributed by atoms with Crippen LogP contribution in [0.5, 0.6) is 0 Å². The van der Waals surface area contributed by atoms with Crippen molar-refractivity contribution in [3.05, 3.63) is 30.1 Å². The van der Waals surface area contributed by atoms with E-state index in [0.717, 1.165) is 30.9 Å². The molecule has 0 aromatic carbocycles. The van der Waals surface area contributed by atoms with Crippen LogP contribution in [-0.2, 0) is 19.1 Å². The molecule has 0 bridgehead atoms. The Morgan fingerprint density at radius 1 is 1.30 bits per heavy atom. The van der Waals surface area contributed by atoms with Gasteiger partial charge in [0, 0.05) is 18.7 Å². The summed E-state index contributed by atoms with van der Waals surface area (Å²) in [6, 6.07) is 0.786. The normalized spacial score (nSPS) is 18.6. The summed E-state index contributed by atoms with van der Waals surface area (Å²) in [4.78, 5) is 11.4. The van der Waals surface area contributed by atoms with Gasteiger partial charge >= 0.3 is 6.18 Å². The van der Waals surface area contributed by atoms with Crippen LogP contribution in [0.3, 0.4) is 0 Å². The van der Waals surface area contributed by atoms with E-state index in [9.17, 15) is 13.2 Å². The smallest absolute Gasteiger partial charge is 0.350 e. The predicted octanol–water partition coefficient (Wildman–Crippen LogP) is 1.51. The maximum atomic E-state index is 12.6. The fourth-order valence-corrected chi connectivity index (χ4v) is 2.12. The summed E-state index contributed by atoms with van der Waals surface area (Å²) < 4.78 is 39.4. The van der Waals surface area contributed by atoms with E-state index in [-0.39, 0.29) is 12.0 Å². The van der Waals surface area contributed by atoms with Crippen molar-refractivity contribution in [1.29, 1.82) is 0 Å². The van der Waals surface area contributed by atoms with Gasteiger partial charge in [0.15, 0.2) is 0 Å². The number of halogens is 3. The summed E-state index contributed by atoms with van der Waals surface area (Å²) in [6.07, 6.45) is -0.430. The van der Waals surface area contributed by atoms with Crippen molar-refractivity contribution in [2.45, 2.75) is 31.6 Å². The molecule has 3 rings (SSSR count). The van der Waals surface area contributed by atoms with Crippen molar-refractivity contribution in [3.63, 3.8) is 0 Å². The monoisotopic (exact) mass is 284 g/mol. The zero-order valence-corrected chi connectivity index (χ0v) is 10.3. The number of aromatic nitrogens is 5. The third kappa shape index (κ3) is 2.56. The maximum Gasteiger partial charge on any atom is 0.433 e. The van der Waals surface area contributed by atoms with Crippen LogP contribution in [0.2, 0.25) is 0 Å². The Labute approximate surface area is 112 Å². The first-order valence-electron chi connectivity index (χ1n) is 6.06. The molecule has 0 saturated carbocycles. The number of nitrogens with one attached hydrogen (secondary N) is 1. The predicted molar refractivity (Wildman–Crippen MR) is 62.8 cm³/mol. The molecule has 1 aliphatic heterocycles. The van der Waals surface area contributed by atoms with Gasteiger partial charge < -0.3 is 5.32 Å². The number of nitrogens with zero attached hydrogens (tertiary/aromatic N) is 5. The second kappa shape index (κ2) is 4.73. The number of aryl methyl sites for hydroxylation is 1. The minimum absolute atomic E-state index is 0.0200. The van der Waals surface area contributed by atoms with E-state index < -0.39 is 11.9 Å². The molecule has 9 heteroatoms. The summed E-state index contributed by atoms with van der Waals surface area (Å²) in [5.74, 6) is 0.862. The van der Waals surface area contributed by atoms with E-state index in [1.165, 1.54) is 6.33 Å². The highest BCUT2D eigenvalue weighted by Crippen LogP contribution is 2.27. The third-order valence-corrected chi connectivity index (χ3v) is 3.08. The molecule has 0 amide bonds. The largest absolute Gasteiger partial charge is 0.433 e. The first kappa shape index (κ1) is 12.8. The lowest BCUT2D eigenvalue weighted by Crippen LogP contribution is -2.32. The number of hydrogen-bond acceptors (Lipinski definition) is 5. The van der Waals surface area contributed by atoms with Crippen LogP contribution in [0.1, 0.15) is 17.9 Å². The topological polar surface area (TPSA) is 68.5 Å². The molecule has 3 heterocycles. The number of hydrogen-bond donors (Lipinski definition) is 1. The van der Waals surface area contributed by atoms with E-state index in [2.05, 4.69) is 25.4 Å². The summed E-state index contributed by atoms with van der Waals surface area (Å²) in [5.41, 5.74) is -0.952. The number of fused-ring (bicyclic) bond motifs is 1. The molecule has 1 atom stereocenters. The van der Waals surface area contributed by atoms with E-state index >= 15 is 0 Å². The summed E-state index contributed by atoms with van der Waals surface area (Å²) in [5, 5.41) is 6.96. The highest BCUT2D eigenvalue weighted by atomic mass is 19.4. The minimum atomic E-state index is -4.47. The molecule has 2 aromatic rings. The third-order valence-electron chi connectivity index (χ3n) is 3.08. The van der Waals surface area contributed by atoms with Crippen molar-refractivity contribution in [2.75, 3.05) is 5.32 Å². The Kier molecular flexibility index (Phi) is 3.03. The summed E-state index contributed by atoms with van der Waals surface area (Å²) in [7, 11) is 0. The van der Waals surface area contributed by atoms with Crippen LogP contribution in [0.15, 0.2) is 18.6 Å². The first-order valence-corrected chi connectivity index (χ1v) is 6.06. The Morgan fingerprint density at radius 3 is 2.95 bits per heavy atom. The number of alkyl halides is 3. The Morgan fingerprint density at radius 2 is 2.15 bits per heavy atom. The highest BCUT2D eigenvalue weighted by molar-refractivity contribution is 5.28. The van der Waals surface area contributed by atoms with E-state index in [4.69, 9.17) is 0 Å². The van der Waals surface area contributed by atoms with Gasteiger partial charge in [-0.25, -0.2) is 19.6 Å². The Bertz CT molecular complexity index is 608. The number of rotatable bonds is 2. The van der Waals surface area contributed by atoms with Crippen molar-refractivity contribution < 1.29 is 13.2 Å². The average molecular weight is 284 g/mol. The summed E-state index contributed by atoms with van der Waals surface area (Å²) >= 11 is 0. The van der Waals surface area contributed by atoms with Gasteiger partial charge in [-0.05, 0) is 12.5 Å². The van der Waals surface area contributed by atoms with Gasteiger partial charge in [0.1, 0.15) is 17.8 Å². The molecule has 6 nitrogen and oxygen atoms in total. The minimum Gasteiger partial charge on any atom is -0.350 e. The van der Waals surface area contributed by atoms with E-state index in [0.29, 0.717) is 6.54 Å². The molecule has 0 saturated heterocycles. The molecule has 1 aliphatic rings. The van der Waals surface area contributed by atoms with Gasteiger partial charge in [0.25, 0.3) is 0 Å². The van der Waals surface area contributed by atoms with Gasteiger partial charge in [0.05, 0.1) is 6.54 Å². The average Bonchev–Trinajstić information content (AvgIpc) is 2.85. The molecule has 0 radical (unpaired) electrons. The lowest BCUT2D eigenvalue weighted by atomic mass is 10.1.